The Hall–Kier alpha value is 0.881. The molecule has 0 saturated carbocycles. The summed E-state index contributed by atoms with van der Waals surface area (Å²) < 4.78 is 17.2. The minimum Gasteiger partial charge on any atom is -0.442 e. The summed E-state index contributed by atoms with van der Waals surface area (Å²) in [6.45, 7) is 10.4. The highest BCUT2D eigenvalue weighted by molar-refractivity contribution is 7.94. The van der Waals surface area contributed by atoms with E-state index in [0.717, 1.165) is 0 Å². The molecule has 0 amide bonds. The van der Waals surface area contributed by atoms with Crippen LogP contribution in [0.4, 0.5) is 0 Å². The first kappa shape index (κ1) is 13.9. The molecule has 0 aromatic rings. The van der Waals surface area contributed by atoms with Crippen molar-refractivity contribution in [3.05, 3.63) is 0 Å². The maximum atomic E-state index is 5.95. The second kappa shape index (κ2) is 5.69. The Morgan fingerprint density at radius 3 is 2.00 bits per heavy atom. The summed E-state index contributed by atoms with van der Waals surface area (Å²) in [7, 11) is -4.22. The van der Waals surface area contributed by atoms with Crippen LogP contribution in [0.3, 0.4) is 0 Å². The topological polar surface area (TPSA) is 27.7 Å². The van der Waals surface area contributed by atoms with Gasteiger partial charge in [0.25, 0.3) is 0 Å². The zero-order chi connectivity index (χ0) is 10.5. The lowest BCUT2D eigenvalue weighted by Gasteiger charge is -2.31. The normalized spacial score (nSPS) is 14.3. The van der Waals surface area contributed by atoms with Gasteiger partial charge in [-0.3, -0.25) is 0 Å². The summed E-state index contributed by atoms with van der Waals surface area (Å²) in [6.07, 6.45) is 1.92. The van der Waals surface area contributed by atoms with Crippen molar-refractivity contribution in [2.45, 2.75) is 32.7 Å². The number of rotatable bonds is 6. The molecule has 3 nitrogen and oxygen atoms in total. The maximum Gasteiger partial charge on any atom is 0.336 e. The lowest BCUT2D eigenvalue weighted by atomic mass is 11.9. The molecule has 0 aliphatic carbocycles. The van der Waals surface area contributed by atoms with Crippen molar-refractivity contribution in [3.63, 3.8) is 0 Å². The van der Waals surface area contributed by atoms with Crippen LogP contribution >= 0.6 is 12.0 Å². The molecular weight excluding hydrogens is 236 g/mol. The van der Waals surface area contributed by atoms with Crippen LogP contribution in [-0.4, -0.2) is 33.1 Å². The molecule has 0 aliphatic rings. The predicted molar refractivity (Wildman–Crippen MR) is 66.1 cm³/mol. The van der Waals surface area contributed by atoms with Gasteiger partial charge in [-0.25, -0.2) is 0 Å². The first-order valence-electron chi connectivity index (χ1n) is 4.39. The van der Waals surface area contributed by atoms with Crippen LogP contribution in [0, 0.1) is 0 Å². The Kier molecular flexibility index (Phi) is 6.07. The molecule has 0 spiro atoms. The van der Waals surface area contributed by atoms with Crippen molar-refractivity contribution in [3.8, 4) is 0 Å². The Bertz CT molecular complexity index is 138. The zero-order valence-corrected chi connectivity index (χ0v) is 13.6. The van der Waals surface area contributed by atoms with E-state index in [1.807, 2.05) is 6.26 Å². The first-order valence-corrected chi connectivity index (χ1v) is 13.2. The zero-order valence-electron chi connectivity index (χ0n) is 9.34. The summed E-state index contributed by atoms with van der Waals surface area (Å²) in [5.74, 6) is 0. The Morgan fingerprint density at radius 2 is 1.62 bits per heavy atom. The molecular formula is C6H20O3SSi3. The molecule has 0 aromatic heterocycles. The van der Waals surface area contributed by atoms with Crippen LogP contribution in [0.5, 0.6) is 0 Å². The summed E-state index contributed by atoms with van der Waals surface area (Å²) in [4.78, 5) is 0. The van der Waals surface area contributed by atoms with Gasteiger partial charge in [-0.1, -0.05) is 6.55 Å². The van der Waals surface area contributed by atoms with Gasteiger partial charge in [0, 0.05) is 6.26 Å². The second-order valence-electron chi connectivity index (χ2n) is 3.58. The molecule has 0 aromatic carbocycles. The van der Waals surface area contributed by atoms with Gasteiger partial charge in [-0.05, 0) is 38.2 Å². The fourth-order valence-electron chi connectivity index (χ4n) is 1.19. The largest absolute Gasteiger partial charge is 0.442 e. The van der Waals surface area contributed by atoms with Gasteiger partial charge in [0.2, 0.25) is 0 Å². The summed E-state index contributed by atoms with van der Waals surface area (Å²) in [5, 5.41) is 0. The van der Waals surface area contributed by atoms with Crippen molar-refractivity contribution in [2.24, 2.45) is 0 Å². The van der Waals surface area contributed by atoms with Crippen LogP contribution in [0.25, 0.3) is 0 Å². The van der Waals surface area contributed by atoms with Gasteiger partial charge in [0.15, 0.2) is 0 Å². The fraction of sp³-hybridized carbons (Fsp3) is 1.00. The van der Waals surface area contributed by atoms with Gasteiger partial charge in [-0.15, -0.1) is 0 Å². The van der Waals surface area contributed by atoms with Crippen molar-refractivity contribution in [1.82, 2.24) is 0 Å². The van der Waals surface area contributed by atoms with E-state index in [0.29, 0.717) is 0 Å². The van der Waals surface area contributed by atoms with Crippen molar-refractivity contribution in [2.75, 3.05) is 6.26 Å². The molecule has 80 valence electrons. The van der Waals surface area contributed by atoms with E-state index < -0.39 is 17.1 Å². The van der Waals surface area contributed by atoms with Gasteiger partial charge in [0.05, 0.1) is 0 Å². The smallest absolute Gasteiger partial charge is 0.336 e. The molecule has 0 rings (SSSR count). The molecule has 0 aliphatic heterocycles. The van der Waals surface area contributed by atoms with E-state index in [-0.39, 0.29) is 9.76 Å². The second-order valence-corrected chi connectivity index (χ2v) is 12.7. The van der Waals surface area contributed by atoms with Crippen molar-refractivity contribution in [1.29, 1.82) is 0 Å². The molecule has 0 unspecified atom stereocenters. The molecule has 0 fully saturated rings. The van der Waals surface area contributed by atoms with E-state index >= 15 is 0 Å². The minimum absolute atomic E-state index is 0.376. The highest BCUT2D eigenvalue weighted by Crippen LogP contribution is 2.19. The van der Waals surface area contributed by atoms with Crippen LogP contribution in [0.15, 0.2) is 0 Å². The monoisotopic (exact) mass is 256 g/mol. The molecule has 0 heterocycles. The van der Waals surface area contributed by atoms with Gasteiger partial charge >= 0.3 is 17.1 Å². The molecule has 0 atom stereocenters. The molecule has 13 heavy (non-hydrogen) atoms. The average Bonchev–Trinajstić information content (AvgIpc) is 1.82. The molecule has 0 N–H and O–H groups in total. The third kappa shape index (κ3) is 6.89. The van der Waals surface area contributed by atoms with Gasteiger partial charge < -0.3 is 12.1 Å². The first-order chi connectivity index (χ1) is 5.83. The van der Waals surface area contributed by atoms with E-state index in [9.17, 15) is 0 Å². The Morgan fingerprint density at radius 1 is 1.08 bits per heavy atom. The van der Waals surface area contributed by atoms with Crippen molar-refractivity contribution < 1.29 is 12.1 Å². The maximum absolute atomic E-state index is 5.95. The van der Waals surface area contributed by atoms with E-state index in [1.54, 1.807) is 0 Å². The van der Waals surface area contributed by atoms with E-state index in [2.05, 4.69) is 32.7 Å². The number of hydrogen-bond donors (Lipinski definition) is 0. The van der Waals surface area contributed by atoms with Gasteiger partial charge in [-0.2, -0.15) is 0 Å². The SMILES string of the molecule is C[SiH2]O[Si](C)(C)O[Si](C)(C)OSC. The molecule has 0 radical (unpaired) electrons. The minimum atomic E-state index is -1.95. The molecule has 0 saturated heterocycles. The third-order valence-corrected chi connectivity index (χ3v) is 11.4. The van der Waals surface area contributed by atoms with Crippen LogP contribution in [0.1, 0.15) is 0 Å². The van der Waals surface area contributed by atoms with Crippen LogP contribution < -0.4 is 0 Å². The molecule has 0 bridgehead atoms. The summed E-state index contributed by atoms with van der Waals surface area (Å²) in [5.41, 5.74) is 0. The van der Waals surface area contributed by atoms with E-state index in [4.69, 9.17) is 12.1 Å². The summed E-state index contributed by atoms with van der Waals surface area (Å²) in [6, 6.07) is 0. The Labute approximate surface area is 90.2 Å². The highest BCUT2D eigenvalue weighted by atomic mass is 32.2. The highest BCUT2D eigenvalue weighted by Gasteiger charge is 2.35. The third-order valence-electron chi connectivity index (χ3n) is 1.27. The number of hydrogen-bond acceptors (Lipinski definition) is 4. The van der Waals surface area contributed by atoms with Gasteiger partial charge in [0.1, 0.15) is 9.76 Å². The van der Waals surface area contributed by atoms with Crippen LogP contribution in [-0.2, 0) is 12.1 Å². The predicted octanol–water partition coefficient (Wildman–Crippen LogP) is 1.85. The van der Waals surface area contributed by atoms with Crippen molar-refractivity contribution >= 4 is 38.9 Å². The lowest BCUT2D eigenvalue weighted by molar-refractivity contribution is 0.357. The Balaban J connectivity index is 4.07. The lowest BCUT2D eigenvalue weighted by Crippen LogP contribution is -2.47. The summed E-state index contributed by atoms with van der Waals surface area (Å²) >= 11 is 1.38. The average molecular weight is 257 g/mol. The van der Waals surface area contributed by atoms with E-state index in [1.165, 1.54) is 12.0 Å². The standard InChI is InChI=1S/C6H20O3SSi3/c1-10-7-12(3,4)9-13(5,6)8-11-2/h11H2,1-6H3. The molecule has 7 heteroatoms. The quantitative estimate of drug-likeness (QED) is 0.535. The fourth-order valence-corrected chi connectivity index (χ4v) is 11.5. The van der Waals surface area contributed by atoms with Crippen LogP contribution in [0.2, 0.25) is 32.7 Å².